The number of carbonyl (C=O) groups excluding carboxylic acids is 1. The van der Waals surface area contributed by atoms with Crippen LogP contribution in [0.4, 0.5) is 0 Å². The van der Waals surface area contributed by atoms with Crippen LogP contribution in [0.15, 0.2) is 23.3 Å². The first-order valence-corrected chi connectivity index (χ1v) is 8.33. The summed E-state index contributed by atoms with van der Waals surface area (Å²) in [5.74, 6) is 0.707. The lowest BCUT2D eigenvalue weighted by Crippen LogP contribution is -2.40. The SMILES string of the molecule is CCOCCCNC(=NCC(=O)N(C)C)N(C)Cc1cccn1C. The number of hydrogen-bond acceptors (Lipinski definition) is 3. The van der Waals surface area contributed by atoms with Crippen molar-refractivity contribution in [1.82, 2.24) is 19.7 Å². The average Bonchev–Trinajstić information content (AvgIpc) is 2.94. The molecule has 1 aromatic rings. The van der Waals surface area contributed by atoms with E-state index in [1.807, 2.05) is 38.2 Å². The Bertz CT molecular complexity index is 525. The predicted octanol–water partition coefficient (Wildman–Crippen LogP) is 0.917. The fraction of sp³-hybridized carbons (Fsp3) is 0.647. The maximum Gasteiger partial charge on any atom is 0.243 e. The van der Waals surface area contributed by atoms with Gasteiger partial charge in [-0.1, -0.05) is 0 Å². The molecule has 0 spiro atoms. The van der Waals surface area contributed by atoms with Gasteiger partial charge in [-0.05, 0) is 25.5 Å². The van der Waals surface area contributed by atoms with E-state index in [4.69, 9.17) is 4.74 Å². The quantitative estimate of drug-likeness (QED) is 0.413. The molecular formula is C17H31N5O2. The second-order valence-corrected chi connectivity index (χ2v) is 5.87. The van der Waals surface area contributed by atoms with Crippen LogP contribution in [0.2, 0.25) is 0 Å². The van der Waals surface area contributed by atoms with Gasteiger partial charge in [0.1, 0.15) is 6.54 Å². The van der Waals surface area contributed by atoms with Crippen molar-refractivity contribution in [2.24, 2.45) is 12.0 Å². The lowest BCUT2D eigenvalue weighted by Gasteiger charge is -2.23. The molecule has 0 atom stereocenters. The zero-order valence-corrected chi connectivity index (χ0v) is 15.6. The van der Waals surface area contributed by atoms with Gasteiger partial charge in [-0.25, -0.2) is 4.99 Å². The number of carbonyl (C=O) groups is 1. The number of nitrogens with zero attached hydrogens (tertiary/aromatic N) is 4. The third-order valence-electron chi connectivity index (χ3n) is 3.63. The molecule has 0 aliphatic carbocycles. The minimum absolute atomic E-state index is 0.0177. The van der Waals surface area contributed by atoms with E-state index in [-0.39, 0.29) is 12.5 Å². The molecule has 7 heteroatoms. The maximum absolute atomic E-state index is 11.8. The molecule has 0 fully saturated rings. The number of likely N-dealkylation sites (N-methyl/N-ethyl adjacent to an activating group) is 1. The molecule has 7 nitrogen and oxygen atoms in total. The third-order valence-corrected chi connectivity index (χ3v) is 3.63. The third kappa shape index (κ3) is 7.04. The van der Waals surface area contributed by atoms with Gasteiger partial charge in [-0.15, -0.1) is 0 Å². The van der Waals surface area contributed by atoms with Crippen LogP contribution in [0.25, 0.3) is 0 Å². The average molecular weight is 337 g/mol. The van der Waals surface area contributed by atoms with Crippen LogP contribution in [0, 0.1) is 0 Å². The summed E-state index contributed by atoms with van der Waals surface area (Å²) >= 11 is 0. The summed E-state index contributed by atoms with van der Waals surface area (Å²) in [6, 6.07) is 4.10. The van der Waals surface area contributed by atoms with Crippen molar-refractivity contribution in [2.45, 2.75) is 19.9 Å². The standard InChI is InChI=1S/C17H31N5O2/c1-6-24-12-8-10-18-17(19-13-16(23)20(2)3)22(5)14-15-9-7-11-21(15)4/h7,9,11H,6,8,10,12-14H2,1-5H3,(H,18,19). The molecule has 0 saturated heterocycles. The number of aliphatic imine (C=N–C) groups is 1. The number of nitrogens with one attached hydrogen (secondary N) is 1. The van der Waals surface area contributed by atoms with Crippen molar-refractivity contribution < 1.29 is 9.53 Å². The zero-order valence-electron chi connectivity index (χ0n) is 15.6. The summed E-state index contributed by atoms with van der Waals surface area (Å²) in [4.78, 5) is 19.8. The van der Waals surface area contributed by atoms with Gasteiger partial charge in [0, 0.05) is 59.8 Å². The minimum atomic E-state index is -0.0177. The molecule has 0 saturated carbocycles. The topological polar surface area (TPSA) is 62.1 Å². The van der Waals surface area contributed by atoms with Crippen molar-refractivity contribution in [3.63, 3.8) is 0 Å². The van der Waals surface area contributed by atoms with E-state index in [1.165, 1.54) is 5.69 Å². The van der Waals surface area contributed by atoms with Crippen molar-refractivity contribution in [2.75, 3.05) is 47.4 Å². The van der Waals surface area contributed by atoms with E-state index in [9.17, 15) is 4.79 Å². The molecule has 0 radical (unpaired) electrons. The van der Waals surface area contributed by atoms with Crippen molar-refractivity contribution >= 4 is 11.9 Å². The number of ether oxygens (including phenoxy) is 1. The van der Waals surface area contributed by atoms with Crippen LogP contribution in [0.5, 0.6) is 0 Å². The highest BCUT2D eigenvalue weighted by Gasteiger charge is 2.10. The van der Waals surface area contributed by atoms with Gasteiger partial charge in [0.05, 0.1) is 6.54 Å². The van der Waals surface area contributed by atoms with Crippen molar-refractivity contribution in [3.8, 4) is 0 Å². The van der Waals surface area contributed by atoms with Crippen LogP contribution in [-0.2, 0) is 23.1 Å². The van der Waals surface area contributed by atoms with Crippen LogP contribution in [0.3, 0.4) is 0 Å². The lowest BCUT2D eigenvalue weighted by atomic mass is 10.4. The number of hydrogen-bond donors (Lipinski definition) is 1. The van der Waals surface area contributed by atoms with Gasteiger partial charge in [0.15, 0.2) is 5.96 Å². The van der Waals surface area contributed by atoms with Gasteiger partial charge in [0.25, 0.3) is 0 Å². The van der Waals surface area contributed by atoms with Gasteiger partial charge in [-0.3, -0.25) is 4.79 Å². The largest absolute Gasteiger partial charge is 0.382 e. The molecule has 1 N–H and O–H groups in total. The van der Waals surface area contributed by atoms with Gasteiger partial charge >= 0.3 is 0 Å². The molecule has 136 valence electrons. The maximum atomic E-state index is 11.8. The Morgan fingerprint density at radius 1 is 1.38 bits per heavy atom. The molecule has 1 aromatic heterocycles. The molecule has 0 unspecified atom stereocenters. The van der Waals surface area contributed by atoms with Crippen molar-refractivity contribution in [1.29, 1.82) is 0 Å². The van der Waals surface area contributed by atoms with Crippen LogP contribution in [-0.4, -0.2) is 73.7 Å². The van der Waals surface area contributed by atoms with Crippen molar-refractivity contribution in [3.05, 3.63) is 24.0 Å². The highest BCUT2D eigenvalue weighted by atomic mass is 16.5. The highest BCUT2D eigenvalue weighted by Crippen LogP contribution is 2.04. The van der Waals surface area contributed by atoms with E-state index in [0.29, 0.717) is 0 Å². The molecule has 1 rings (SSSR count). The monoisotopic (exact) mass is 337 g/mol. The fourth-order valence-corrected chi connectivity index (χ4v) is 2.09. The van der Waals surface area contributed by atoms with E-state index >= 15 is 0 Å². The first-order chi connectivity index (χ1) is 11.5. The molecular weight excluding hydrogens is 306 g/mol. The number of aryl methyl sites for hydroxylation is 1. The minimum Gasteiger partial charge on any atom is -0.382 e. The Morgan fingerprint density at radius 3 is 2.71 bits per heavy atom. The van der Waals surface area contributed by atoms with Crippen LogP contribution >= 0.6 is 0 Å². The molecule has 0 aliphatic rings. The number of guanidine groups is 1. The predicted molar refractivity (Wildman–Crippen MR) is 97.0 cm³/mol. The number of aromatic nitrogens is 1. The van der Waals surface area contributed by atoms with Crippen LogP contribution in [0.1, 0.15) is 19.0 Å². The van der Waals surface area contributed by atoms with Gasteiger partial charge in [0.2, 0.25) is 5.91 Å². The lowest BCUT2D eigenvalue weighted by molar-refractivity contribution is -0.127. The first kappa shape index (κ1) is 20.0. The van der Waals surface area contributed by atoms with E-state index in [1.54, 1.807) is 19.0 Å². The second kappa shape index (κ2) is 10.7. The molecule has 24 heavy (non-hydrogen) atoms. The molecule has 0 aliphatic heterocycles. The zero-order chi connectivity index (χ0) is 17.9. The number of amides is 1. The molecule has 1 amide bonds. The summed E-state index contributed by atoms with van der Waals surface area (Å²) in [6.07, 6.45) is 2.91. The van der Waals surface area contributed by atoms with Gasteiger partial charge < -0.3 is 24.4 Å². The fourth-order valence-electron chi connectivity index (χ4n) is 2.09. The molecule has 1 heterocycles. The Hall–Kier alpha value is -2.02. The number of rotatable bonds is 9. The smallest absolute Gasteiger partial charge is 0.243 e. The second-order valence-electron chi connectivity index (χ2n) is 5.87. The van der Waals surface area contributed by atoms with Gasteiger partial charge in [-0.2, -0.15) is 0 Å². The molecule has 0 aromatic carbocycles. The van der Waals surface area contributed by atoms with E-state index in [2.05, 4.69) is 20.9 Å². The summed E-state index contributed by atoms with van der Waals surface area (Å²) in [6.45, 7) is 5.04. The highest BCUT2D eigenvalue weighted by molar-refractivity contribution is 5.84. The Labute approximate surface area is 145 Å². The van der Waals surface area contributed by atoms with E-state index in [0.717, 1.165) is 38.7 Å². The Morgan fingerprint density at radius 2 is 2.12 bits per heavy atom. The Balaban J connectivity index is 2.66. The van der Waals surface area contributed by atoms with E-state index < -0.39 is 0 Å². The normalized spacial score (nSPS) is 11.5. The van der Waals surface area contributed by atoms with Crippen LogP contribution < -0.4 is 5.32 Å². The summed E-state index contributed by atoms with van der Waals surface area (Å²) in [7, 11) is 7.47. The first-order valence-electron chi connectivity index (χ1n) is 8.33. The summed E-state index contributed by atoms with van der Waals surface area (Å²) in [5, 5.41) is 3.32. The Kier molecular flexibility index (Phi) is 8.93. The summed E-state index contributed by atoms with van der Waals surface area (Å²) < 4.78 is 7.43. The summed E-state index contributed by atoms with van der Waals surface area (Å²) in [5.41, 5.74) is 1.18. The molecule has 0 bridgehead atoms.